The Labute approximate surface area is 145 Å². The fraction of sp³-hybridized carbons (Fsp3) is 0.800. The predicted octanol–water partition coefficient (Wildman–Crippen LogP) is 5.68. The molecular weight excluding hydrogens is 404 g/mol. The molecule has 0 saturated heterocycles. The lowest BCUT2D eigenvalue weighted by molar-refractivity contribution is 0.385. The van der Waals surface area contributed by atoms with E-state index in [9.17, 15) is 0 Å². The van der Waals surface area contributed by atoms with Crippen molar-refractivity contribution < 1.29 is 0 Å². The second-order valence-electron chi connectivity index (χ2n) is 4.95. The molecule has 0 radical (unpaired) electrons. The predicted molar refractivity (Wildman–Crippen MR) is 81.2 cm³/mol. The van der Waals surface area contributed by atoms with E-state index in [1.54, 1.807) is 0 Å². The van der Waals surface area contributed by atoms with Crippen molar-refractivity contribution in [1.29, 1.82) is 0 Å². The van der Waals surface area contributed by atoms with Crippen LogP contribution in [0.4, 0.5) is 0 Å². The number of allylic oxidation sites excluding steroid dienone is 2. The average Bonchev–Trinajstić information content (AvgIpc) is 2.69. The number of hydrogen-bond acceptors (Lipinski definition) is 0. The highest BCUT2D eigenvalue weighted by atomic mass is 35.5. The van der Waals surface area contributed by atoms with Gasteiger partial charge in [-0.15, -0.1) is 46.4 Å². The lowest BCUT2D eigenvalue weighted by Gasteiger charge is -2.35. The minimum atomic E-state index is -1.50. The normalized spacial score (nSPS) is 57.3. The van der Waals surface area contributed by atoms with Crippen LogP contribution in [0.2, 0.25) is 0 Å². The van der Waals surface area contributed by atoms with E-state index in [0.717, 1.165) is 0 Å². The Hall–Kier alpha value is 2.06. The standard InChI is InChI=1S/C10H6Cl8/c11-3-1-2-4(5(3)12)9(16)7(14)6(13)8(2,15)10(9,17)18/h2-5H,1H2/t2-,3+,4-,5+,8-,9-/m0/s1. The quantitative estimate of drug-likeness (QED) is 0.451. The summed E-state index contributed by atoms with van der Waals surface area (Å²) in [6.07, 6.45) is 0.555. The van der Waals surface area contributed by atoms with Gasteiger partial charge in [-0.1, -0.05) is 46.4 Å². The molecule has 0 aromatic rings. The van der Waals surface area contributed by atoms with Crippen molar-refractivity contribution in [3.05, 3.63) is 10.1 Å². The number of fused-ring (bicyclic) bond motifs is 5. The van der Waals surface area contributed by atoms with Crippen LogP contribution in [0, 0.1) is 11.8 Å². The van der Waals surface area contributed by atoms with Crippen molar-refractivity contribution in [2.24, 2.45) is 11.8 Å². The second-order valence-corrected chi connectivity index (χ2v) is 9.29. The van der Waals surface area contributed by atoms with E-state index in [1.165, 1.54) is 0 Å². The molecule has 18 heavy (non-hydrogen) atoms. The Balaban J connectivity index is 2.26. The molecule has 0 unspecified atom stereocenters. The van der Waals surface area contributed by atoms with E-state index in [0.29, 0.717) is 6.42 Å². The van der Waals surface area contributed by atoms with Gasteiger partial charge in [0, 0.05) is 5.92 Å². The number of hydrogen-bond donors (Lipinski definition) is 0. The minimum absolute atomic E-state index is 0.184. The van der Waals surface area contributed by atoms with Gasteiger partial charge in [0.15, 0.2) is 4.33 Å². The zero-order valence-electron chi connectivity index (χ0n) is 8.54. The van der Waals surface area contributed by atoms with Crippen LogP contribution in [-0.2, 0) is 0 Å². The van der Waals surface area contributed by atoms with Gasteiger partial charge in [0.1, 0.15) is 9.75 Å². The summed E-state index contributed by atoms with van der Waals surface area (Å²) < 4.78 is -1.50. The molecule has 0 aromatic heterocycles. The van der Waals surface area contributed by atoms with E-state index in [4.69, 9.17) is 92.8 Å². The molecule has 2 fully saturated rings. The monoisotopic (exact) mass is 406 g/mol. The maximum atomic E-state index is 6.62. The minimum Gasteiger partial charge on any atom is -0.121 e. The SMILES string of the molecule is ClC1=C(Cl)[C@@]2(Cl)[C@H]3C[C@@H](Cl)[C@@H](Cl)[C@H]3[C@@]1(Cl)C2(Cl)Cl. The molecule has 0 aromatic carbocycles. The average molecular weight is 410 g/mol. The smallest absolute Gasteiger partial charge is 0.121 e. The highest BCUT2D eigenvalue weighted by Gasteiger charge is 2.84. The van der Waals surface area contributed by atoms with Gasteiger partial charge in [0.25, 0.3) is 0 Å². The summed E-state index contributed by atoms with van der Waals surface area (Å²) in [5.74, 6) is -0.488. The van der Waals surface area contributed by atoms with Gasteiger partial charge in [-0.25, -0.2) is 0 Å². The summed E-state index contributed by atoms with van der Waals surface area (Å²) in [5.41, 5.74) is 0. The van der Waals surface area contributed by atoms with E-state index in [-0.39, 0.29) is 27.3 Å². The van der Waals surface area contributed by atoms with Gasteiger partial charge in [0.05, 0.1) is 20.8 Å². The van der Waals surface area contributed by atoms with Gasteiger partial charge >= 0.3 is 0 Å². The summed E-state index contributed by atoms with van der Waals surface area (Å²) in [5, 5.41) is -0.259. The maximum absolute atomic E-state index is 6.62. The molecular formula is C10H6Cl8. The first-order valence-corrected chi connectivity index (χ1v) is 8.35. The third kappa shape index (κ3) is 1.28. The van der Waals surface area contributed by atoms with Crippen molar-refractivity contribution >= 4 is 92.8 Å². The second kappa shape index (κ2) is 4.07. The van der Waals surface area contributed by atoms with Crippen molar-refractivity contribution in [2.75, 3.05) is 0 Å². The maximum Gasteiger partial charge on any atom is 0.166 e. The number of alkyl halides is 6. The first kappa shape index (κ1) is 15.0. The van der Waals surface area contributed by atoms with Crippen LogP contribution < -0.4 is 0 Å². The molecule has 0 amide bonds. The van der Waals surface area contributed by atoms with Crippen molar-refractivity contribution in [3.8, 4) is 0 Å². The molecule has 2 saturated carbocycles. The molecule has 102 valence electrons. The lowest BCUT2D eigenvalue weighted by atomic mass is 9.84. The van der Waals surface area contributed by atoms with E-state index in [2.05, 4.69) is 0 Å². The summed E-state index contributed by atoms with van der Waals surface area (Å²) in [6, 6.07) is 0. The van der Waals surface area contributed by atoms with Crippen LogP contribution in [0.3, 0.4) is 0 Å². The Morgan fingerprint density at radius 2 is 1.39 bits per heavy atom. The summed E-state index contributed by atoms with van der Waals surface area (Å²) in [4.78, 5) is -2.50. The van der Waals surface area contributed by atoms with Gasteiger partial charge in [-0.3, -0.25) is 0 Å². The molecule has 3 aliphatic carbocycles. The first-order chi connectivity index (χ1) is 8.11. The summed E-state index contributed by atoms with van der Waals surface area (Å²) in [6.45, 7) is 0. The first-order valence-electron chi connectivity index (χ1n) is 5.21. The number of rotatable bonds is 0. The summed E-state index contributed by atoms with van der Waals surface area (Å²) in [7, 11) is 0. The molecule has 0 spiro atoms. The third-order valence-corrected chi connectivity index (χ3v) is 9.79. The van der Waals surface area contributed by atoms with Crippen molar-refractivity contribution in [3.63, 3.8) is 0 Å². The van der Waals surface area contributed by atoms with Crippen molar-refractivity contribution in [1.82, 2.24) is 0 Å². The molecule has 0 N–H and O–H groups in total. The van der Waals surface area contributed by atoms with E-state index >= 15 is 0 Å². The fourth-order valence-corrected chi connectivity index (χ4v) is 7.46. The van der Waals surface area contributed by atoms with Crippen molar-refractivity contribution in [2.45, 2.75) is 31.3 Å². The Bertz CT molecular complexity index is 459. The summed E-state index contributed by atoms with van der Waals surface area (Å²) >= 11 is 51.0. The Kier molecular flexibility index (Phi) is 3.39. The lowest BCUT2D eigenvalue weighted by Crippen LogP contribution is -2.47. The van der Waals surface area contributed by atoms with Crippen LogP contribution in [0.1, 0.15) is 6.42 Å². The van der Waals surface area contributed by atoms with Crippen LogP contribution in [0.5, 0.6) is 0 Å². The molecule has 3 rings (SSSR count). The third-order valence-electron chi connectivity index (χ3n) is 4.32. The molecule has 0 heterocycles. The Morgan fingerprint density at radius 3 is 1.94 bits per heavy atom. The largest absolute Gasteiger partial charge is 0.166 e. The topological polar surface area (TPSA) is 0 Å². The van der Waals surface area contributed by atoms with Crippen LogP contribution in [0.25, 0.3) is 0 Å². The molecule has 3 aliphatic rings. The van der Waals surface area contributed by atoms with Gasteiger partial charge < -0.3 is 0 Å². The van der Waals surface area contributed by atoms with Crippen LogP contribution in [-0.4, -0.2) is 24.8 Å². The fourth-order valence-electron chi connectivity index (χ4n) is 3.48. The molecule has 0 nitrogen and oxygen atoms in total. The molecule has 0 aliphatic heterocycles. The molecule has 6 atom stereocenters. The molecule has 8 heteroatoms. The highest BCUT2D eigenvalue weighted by molar-refractivity contribution is 6.66. The Morgan fingerprint density at radius 1 is 0.889 bits per heavy atom. The van der Waals surface area contributed by atoms with E-state index in [1.807, 2.05) is 0 Å². The highest BCUT2D eigenvalue weighted by Crippen LogP contribution is 2.79. The van der Waals surface area contributed by atoms with Gasteiger partial charge in [0.2, 0.25) is 0 Å². The van der Waals surface area contributed by atoms with Crippen LogP contribution in [0.15, 0.2) is 10.1 Å². The van der Waals surface area contributed by atoms with Gasteiger partial charge in [-0.05, 0) is 12.3 Å². The van der Waals surface area contributed by atoms with Gasteiger partial charge in [-0.2, -0.15) is 0 Å². The number of halogens is 8. The van der Waals surface area contributed by atoms with Crippen LogP contribution >= 0.6 is 92.8 Å². The zero-order chi connectivity index (χ0) is 13.7. The zero-order valence-corrected chi connectivity index (χ0v) is 14.6. The molecule has 2 bridgehead atoms. The van der Waals surface area contributed by atoms with E-state index < -0.39 is 19.5 Å².